The van der Waals surface area contributed by atoms with E-state index in [4.69, 9.17) is 17.3 Å². The number of hydrogen-bond donors (Lipinski definition) is 2. The predicted molar refractivity (Wildman–Crippen MR) is 53.6 cm³/mol. The van der Waals surface area contributed by atoms with Gasteiger partial charge in [0.1, 0.15) is 6.04 Å². The molecule has 1 aliphatic rings. The minimum atomic E-state index is -0.970. The first-order valence-corrected chi connectivity index (χ1v) is 4.77. The van der Waals surface area contributed by atoms with Crippen LogP contribution in [0.25, 0.3) is 0 Å². The Labute approximate surface area is 84.1 Å². The van der Waals surface area contributed by atoms with E-state index in [1.54, 1.807) is 0 Å². The summed E-state index contributed by atoms with van der Waals surface area (Å²) in [6.07, 6.45) is 7.65. The third-order valence-electron chi connectivity index (χ3n) is 2.30. The zero-order chi connectivity index (χ0) is 10.6. The molecule has 1 fully saturated rings. The molecule has 0 aromatic rings. The molecule has 0 heterocycles. The molecule has 0 aliphatic heterocycles. The highest BCUT2D eigenvalue weighted by Gasteiger charge is 2.25. The average molecular weight is 196 g/mol. The van der Waals surface area contributed by atoms with Crippen molar-refractivity contribution in [3.05, 3.63) is 0 Å². The fourth-order valence-corrected chi connectivity index (χ4v) is 1.35. The van der Waals surface area contributed by atoms with Gasteiger partial charge in [-0.1, -0.05) is 5.92 Å². The third kappa shape index (κ3) is 3.77. The molecule has 0 bridgehead atoms. The van der Waals surface area contributed by atoms with Crippen molar-refractivity contribution in [2.24, 2.45) is 11.7 Å². The van der Waals surface area contributed by atoms with Crippen LogP contribution in [-0.4, -0.2) is 41.7 Å². The van der Waals surface area contributed by atoms with Gasteiger partial charge in [0.15, 0.2) is 0 Å². The Kier molecular flexibility index (Phi) is 3.93. The standard InChI is InChI=1S/C10H16N2O2/c1-2-5-12(6-8-3-4-8)7-9(11)10(13)14/h1,8-9H,3-7,11H2,(H,13,14). The van der Waals surface area contributed by atoms with Crippen LogP contribution in [0.2, 0.25) is 0 Å². The van der Waals surface area contributed by atoms with Crippen molar-refractivity contribution in [2.45, 2.75) is 18.9 Å². The third-order valence-corrected chi connectivity index (χ3v) is 2.30. The summed E-state index contributed by atoms with van der Waals surface area (Å²) in [6.45, 7) is 1.71. The summed E-state index contributed by atoms with van der Waals surface area (Å²) in [6, 6.07) is -0.831. The van der Waals surface area contributed by atoms with E-state index in [1.165, 1.54) is 12.8 Å². The minimum Gasteiger partial charge on any atom is -0.480 e. The molecule has 1 rings (SSSR count). The van der Waals surface area contributed by atoms with Crippen molar-refractivity contribution in [1.82, 2.24) is 4.90 Å². The summed E-state index contributed by atoms with van der Waals surface area (Å²) in [5, 5.41) is 8.65. The molecule has 1 aliphatic carbocycles. The summed E-state index contributed by atoms with van der Waals surface area (Å²) in [5.41, 5.74) is 5.43. The Morgan fingerprint density at radius 3 is 2.79 bits per heavy atom. The van der Waals surface area contributed by atoms with Crippen LogP contribution in [0.1, 0.15) is 12.8 Å². The zero-order valence-electron chi connectivity index (χ0n) is 8.15. The Morgan fingerprint density at radius 2 is 2.36 bits per heavy atom. The molecule has 0 aromatic heterocycles. The normalized spacial score (nSPS) is 17.8. The summed E-state index contributed by atoms with van der Waals surface area (Å²) in [4.78, 5) is 12.5. The first kappa shape index (κ1) is 11.0. The maximum Gasteiger partial charge on any atom is 0.321 e. The summed E-state index contributed by atoms with van der Waals surface area (Å²) in [5.74, 6) is 2.25. The van der Waals surface area contributed by atoms with Crippen LogP contribution < -0.4 is 5.73 Å². The molecule has 4 nitrogen and oxygen atoms in total. The van der Waals surface area contributed by atoms with Crippen LogP contribution in [-0.2, 0) is 4.79 Å². The quantitative estimate of drug-likeness (QED) is 0.575. The lowest BCUT2D eigenvalue weighted by Crippen LogP contribution is -2.43. The van der Waals surface area contributed by atoms with Crippen LogP contribution in [0.15, 0.2) is 0 Å². The van der Waals surface area contributed by atoms with Gasteiger partial charge in [-0.05, 0) is 18.8 Å². The minimum absolute atomic E-state index is 0.343. The highest BCUT2D eigenvalue weighted by molar-refractivity contribution is 5.73. The van der Waals surface area contributed by atoms with Gasteiger partial charge in [-0.25, -0.2) is 0 Å². The monoisotopic (exact) mass is 196 g/mol. The van der Waals surface area contributed by atoms with Crippen LogP contribution in [0, 0.1) is 18.3 Å². The van der Waals surface area contributed by atoms with Crippen LogP contribution in [0.5, 0.6) is 0 Å². The van der Waals surface area contributed by atoms with E-state index in [0.29, 0.717) is 19.0 Å². The second-order valence-corrected chi connectivity index (χ2v) is 3.79. The molecule has 0 spiro atoms. The number of hydrogen-bond acceptors (Lipinski definition) is 3. The van der Waals surface area contributed by atoms with Crippen molar-refractivity contribution >= 4 is 5.97 Å². The molecular formula is C10H16N2O2. The second kappa shape index (κ2) is 4.99. The maximum absolute atomic E-state index is 10.5. The summed E-state index contributed by atoms with van der Waals surface area (Å²) < 4.78 is 0. The largest absolute Gasteiger partial charge is 0.480 e. The molecule has 1 saturated carbocycles. The molecule has 1 unspecified atom stereocenters. The SMILES string of the molecule is C#CCN(CC1CC1)CC(N)C(=O)O. The van der Waals surface area contributed by atoms with Gasteiger partial charge in [0, 0.05) is 13.1 Å². The van der Waals surface area contributed by atoms with Crippen LogP contribution >= 0.6 is 0 Å². The molecule has 4 heteroatoms. The van der Waals surface area contributed by atoms with Gasteiger partial charge in [-0.15, -0.1) is 6.42 Å². The van der Waals surface area contributed by atoms with Crippen LogP contribution in [0.4, 0.5) is 0 Å². The number of terminal acetylenes is 1. The fraction of sp³-hybridized carbons (Fsp3) is 0.700. The first-order valence-electron chi connectivity index (χ1n) is 4.77. The highest BCUT2D eigenvalue weighted by Crippen LogP contribution is 2.29. The van der Waals surface area contributed by atoms with Crippen molar-refractivity contribution in [2.75, 3.05) is 19.6 Å². The molecule has 0 saturated heterocycles. The first-order chi connectivity index (χ1) is 6.63. The van der Waals surface area contributed by atoms with Gasteiger partial charge in [0.05, 0.1) is 6.54 Å². The van der Waals surface area contributed by atoms with Gasteiger partial charge in [0.2, 0.25) is 0 Å². The van der Waals surface area contributed by atoms with E-state index in [1.807, 2.05) is 4.90 Å². The Morgan fingerprint density at radius 1 is 1.71 bits per heavy atom. The lowest BCUT2D eigenvalue weighted by molar-refractivity contribution is -0.138. The van der Waals surface area contributed by atoms with E-state index in [9.17, 15) is 4.79 Å². The van der Waals surface area contributed by atoms with E-state index < -0.39 is 12.0 Å². The molecule has 1 atom stereocenters. The van der Waals surface area contributed by atoms with Gasteiger partial charge in [-0.3, -0.25) is 9.69 Å². The predicted octanol–water partition coefficient (Wildman–Crippen LogP) is -0.256. The van der Waals surface area contributed by atoms with Crippen molar-refractivity contribution < 1.29 is 9.90 Å². The highest BCUT2D eigenvalue weighted by atomic mass is 16.4. The number of nitrogens with zero attached hydrogens (tertiary/aromatic N) is 1. The number of carbonyl (C=O) groups is 1. The van der Waals surface area contributed by atoms with E-state index in [-0.39, 0.29) is 0 Å². The van der Waals surface area contributed by atoms with Crippen molar-refractivity contribution in [1.29, 1.82) is 0 Å². The van der Waals surface area contributed by atoms with Crippen molar-refractivity contribution in [3.8, 4) is 12.3 Å². The molecular weight excluding hydrogens is 180 g/mol. The van der Waals surface area contributed by atoms with Gasteiger partial charge in [0.25, 0.3) is 0 Å². The number of nitrogens with two attached hydrogens (primary N) is 1. The smallest absolute Gasteiger partial charge is 0.321 e. The summed E-state index contributed by atoms with van der Waals surface area (Å²) >= 11 is 0. The lowest BCUT2D eigenvalue weighted by Gasteiger charge is -2.21. The summed E-state index contributed by atoms with van der Waals surface area (Å²) in [7, 11) is 0. The van der Waals surface area contributed by atoms with E-state index >= 15 is 0 Å². The number of carboxylic acids is 1. The maximum atomic E-state index is 10.5. The topological polar surface area (TPSA) is 66.6 Å². The molecule has 0 aromatic carbocycles. The fourth-order valence-electron chi connectivity index (χ4n) is 1.35. The molecule has 0 radical (unpaired) electrons. The van der Waals surface area contributed by atoms with Crippen LogP contribution in [0.3, 0.4) is 0 Å². The lowest BCUT2D eigenvalue weighted by atomic mass is 10.2. The van der Waals surface area contributed by atoms with Gasteiger partial charge < -0.3 is 10.8 Å². The number of rotatable bonds is 6. The van der Waals surface area contributed by atoms with E-state index in [0.717, 1.165) is 6.54 Å². The molecule has 0 amide bonds. The molecule has 3 N–H and O–H groups in total. The molecule has 14 heavy (non-hydrogen) atoms. The van der Waals surface area contributed by atoms with Gasteiger partial charge >= 0.3 is 5.97 Å². The Hall–Kier alpha value is -1.05. The molecule has 78 valence electrons. The van der Waals surface area contributed by atoms with Gasteiger partial charge in [-0.2, -0.15) is 0 Å². The zero-order valence-corrected chi connectivity index (χ0v) is 8.15. The second-order valence-electron chi connectivity index (χ2n) is 3.79. The Balaban J connectivity index is 2.33. The number of aliphatic carboxylic acids is 1. The van der Waals surface area contributed by atoms with Crippen molar-refractivity contribution in [3.63, 3.8) is 0 Å². The Bertz CT molecular complexity index is 243. The average Bonchev–Trinajstić information content (AvgIpc) is 2.88. The number of carboxylic acid groups (broad SMARTS) is 1. The van der Waals surface area contributed by atoms with E-state index in [2.05, 4.69) is 5.92 Å².